The zero-order chi connectivity index (χ0) is 14.8. The van der Waals surface area contributed by atoms with Crippen molar-refractivity contribution in [3.63, 3.8) is 0 Å². The number of rotatable bonds is 10. The van der Waals surface area contributed by atoms with E-state index in [1.54, 1.807) is 0 Å². The Labute approximate surface area is 122 Å². The number of hydrogen-bond donors (Lipinski definition) is 2. The van der Waals surface area contributed by atoms with Gasteiger partial charge in [-0.25, -0.2) is 0 Å². The number of unbranched alkanes of at least 4 members (excludes halogenated alkanes) is 5. The number of benzene rings is 1. The van der Waals surface area contributed by atoms with Crippen LogP contribution in [-0.2, 0) is 17.6 Å². The van der Waals surface area contributed by atoms with Crippen molar-refractivity contribution in [2.45, 2.75) is 64.3 Å². The van der Waals surface area contributed by atoms with Gasteiger partial charge in [0.15, 0.2) is 0 Å². The van der Waals surface area contributed by atoms with E-state index in [2.05, 4.69) is 19.1 Å². The largest absolute Gasteiger partial charge is 0.480 e. The van der Waals surface area contributed by atoms with E-state index < -0.39 is 12.0 Å². The molecule has 3 nitrogen and oxygen atoms in total. The van der Waals surface area contributed by atoms with Gasteiger partial charge in [-0.05, 0) is 30.4 Å². The van der Waals surface area contributed by atoms with Crippen LogP contribution in [0.4, 0.5) is 0 Å². The fourth-order valence-corrected chi connectivity index (χ4v) is 2.29. The first-order chi connectivity index (χ1) is 9.63. The van der Waals surface area contributed by atoms with E-state index in [9.17, 15) is 4.79 Å². The normalized spacial score (nSPS) is 12.3. The first-order valence-corrected chi connectivity index (χ1v) is 7.69. The van der Waals surface area contributed by atoms with Crippen LogP contribution in [0.3, 0.4) is 0 Å². The molecule has 20 heavy (non-hydrogen) atoms. The first kappa shape index (κ1) is 16.7. The summed E-state index contributed by atoms with van der Waals surface area (Å²) in [6.45, 7) is 2.23. The maximum atomic E-state index is 10.7. The molecule has 0 saturated carbocycles. The highest BCUT2D eigenvalue weighted by Gasteiger charge is 2.11. The molecule has 3 N–H and O–H groups in total. The molecular formula is C17H27NO2. The summed E-state index contributed by atoms with van der Waals surface area (Å²) in [6, 6.07) is 7.37. The Kier molecular flexibility index (Phi) is 7.97. The second-order valence-electron chi connectivity index (χ2n) is 5.48. The molecule has 0 aliphatic rings. The zero-order valence-electron chi connectivity index (χ0n) is 12.5. The van der Waals surface area contributed by atoms with Crippen LogP contribution in [0.15, 0.2) is 24.3 Å². The van der Waals surface area contributed by atoms with Crippen molar-refractivity contribution in [3.05, 3.63) is 35.4 Å². The number of aliphatic carboxylic acids is 1. The van der Waals surface area contributed by atoms with E-state index in [1.807, 2.05) is 12.1 Å². The van der Waals surface area contributed by atoms with Crippen molar-refractivity contribution in [3.8, 4) is 0 Å². The van der Waals surface area contributed by atoms with Crippen LogP contribution in [0.1, 0.15) is 56.6 Å². The Bertz CT molecular complexity index is 386. The predicted octanol–water partition coefficient (Wildman–Crippen LogP) is 3.54. The molecule has 0 saturated heterocycles. The van der Waals surface area contributed by atoms with Gasteiger partial charge in [-0.15, -0.1) is 0 Å². The summed E-state index contributed by atoms with van der Waals surface area (Å²) in [4.78, 5) is 10.7. The molecule has 0 spiro atoms. The summed E-state index contributed by atoms with van der Waals surface area (Å²) in [6.07, 6.45) is 9.35. The number of hydrogen-bond acceptors (Lipinski definition) is 2. The first-order valence-electron chi connectivity index (χ1n) is 7.69. The highest BCUT2D eigenvalue weighted by molar-refractivity contribution is 5.73. The maximum Gasteiger partial charge on any atom is 0.320 e. The quantitative estimate of drug-likeness (QED) is 0.643. The van der Waals surface area contributed by atoms with Gasteiger partial charge in [-0.2, -0.15) is 0 Å². The smallest absolute Gasteiger partial charge is 0.320 e. The Morgan fingerprint density at radius 2 is 1.60 bits per heavy atom. The SMILES string of the molecule is CCCCCCCCc1ccc(CC(N)C(=O)O)cc1. The Balaban J connectivity index is 2.26. The van der Waals surface area contributed by atoms with Gasteiger partial charge in [0.1, 0.15) is 6.04 Å². The van der Waals surface area contributed by atoms with Crippen LogP contribution in [0.2, 0.25) is 0 Å². The lowest BCUT2D eigenvalue weighted by Crippen LogP contribution is -2.32. The van der Waals surface area contributed by atoms with E-state index in [0.717, 1.165) is 12.0 Å². The number of carboxylic acid groups (broad SMARTS) is 1. The maximum absolute atomic E-state index is 10.7. The number of nitrogens with two attached hydrogens (primary N) is 1. The second-order valence-corrected chi connectivity index (χ2v) is 5.48. The minimum atomic E-state index is -0.943. The Morgan fingerprint density at radius 1 is 1.05 bits per heavy atom. The molecule has 0 bridgehead atoms. The van der Waals surface area contributed by atoms with Gasteiger partial charge in [-0.1, -0.05) is 63.3 Å². The van der Waals surface area contributed by atoms with Gasteiger partial charge in [0.25, 0.3) is 0 Å². The van der Waals surface area contributed by atoms with Gasteiger partial charge in [-0.3, -0.25) is 4.79 Å². The topological polar surface area (TPSA) is 63.3 Å². The van der Waals surface area contributed by atoms with Gasteiger partial charge >= 0.3 is 5.97 Å². The third-order valence-corrected chi connectivity index (χ3v) is 3.61. The van der Waals surface area contributed by atoms with Crippen LogP contribution in [-0.4, -0.2) is 17.1 Å². The van der Waals surface area contributed by atoms with Gasteiger partial charge in [0.2, 0.25) is 0 Å². The molecule has 0 aromatic heterocycles. The van der Waals surface area contributed by atoms with E-state index in [-0.39, 0.29) is 0 Å². The van der Waals surface area contributed by atoms with Crippen molar-refractivity contribution in [1.82, 2.24) is 0 Å². The molecule has 1 rings (SSSR count). The summed E-state index contributed by atoms with van der Waals surface area (Å²) in [5.41, 5.74) is 7.84. The molecule has 3 heteroatoms. The lowest BCUT2D eigenvalue weighted by Gasteiger charge is -2.07. The van der Waals surface area contributed by atoms with Gasteiger partial charge in [0.05, 0.1) is 0 Å². The average molecular weight is 277 g/mol. The molecule has 0 aliphatic heterocycles. The summed E-state index contributed by atoms with van der Waals surface area (Å²) < 4.78 is 0. The second kappa shape index (κ2) is 9.54. The summed E-state index contributed by atoms with van der Waals surface area (Å²) in [7, 11) is 0. The van der Waals surface area contributed by atoms with Crippen molar-refractivity contribution in [1.29, 1.82) is 0 Å². The molecule has 0 heterocycles. The average Bonchev–Trinajstić information content (AvgIpc) is 2.44. The standard InChI is InChI=1S/C17H27NO2/c1-2-3-4-5-6-7-8-14-9-11-15(12-10-14)13-16(18)17(19)20/h9-12,16H,2-8,13,18H2,1H3,(H,19,20). The number of carboxylic acids is 1. The highest BCUT2D eigenvalue weighted by atomic mass is 16.4. The molecule has 0 amide bonds. The lowest BCUT2D eigenvalue weighted by atomic mass is 10.0. The molecule has 0 aliphatic carbocycles. The molecule has 1 aromatic carbocycles. The fourth-order valence-electron chi connectivity index (χ4n) is 2.29. The third-order valence-electron chi connectivity index (χ3n) is 3.61. The molecule has 1 aromatic rings. The van der Waals surface area contributed by atoms with Crippen LogP contribution < -0.4 is 5.73 Å². The third kappa shape index (κ3) is 6.71. The van der Waals surface area contributed by atoms with Crippen LogP contribution in [0.5, 0.6) is 0 Å². The lowest BCUT2D eigenvalue weighted by molar-refractivity contribution is -0.138. The predicted molar refractivity (Wildman–Crippen MR) is 82.8 cm³/mol. The van der Waals surface area contributed by atoms with Crippen molar-refractivity contribution in [2.75, 3.05) is 0 Å². The van der Waals surface area contributed by atoms with E-state index in [4.69, 9.17) is 10.8 Å². The molecule has 1 atom stereocenters. The molecule has 1 unspecified atom stereocenters. The minimum absolute atomic E-state index is 0.395. The van der Waals surface area contributed by atoms with E-state index in [0.29, 0.717) is 6.42 Å². The molecule has 112 valence electrons. The highest BCUT2D eigenvalue weighted by Crippen LogP contribution is 2.12. The van der Waals surface area contributed by atoms with Gasteiger partial charge < -0.3 is 10.8 Å². The van der Waals surface area contributed by atoms with Crippen molar-refractivity contribution >= 4 is 5.97 Å². The van der Waals surface area contributed by atoms with Crippen molar-refractivity contribution in [2.24, 2.45) is 5.73 Å². The Morgan fingerprint density at radius 3 is 2.20 bits per heavy atom. The van der Waals surface area contributed by atoms with Crippen LogP contribution in [0, 0.1) is 0 Å². The number of carbonyl (C=O) groups is 1. The minimum Gasteiger partial charge on any atom is -0.480 e. The molecule has 0 fully saturated rings. The zero-order valence-corrected chi connectivity index (χ0v) is 12.5. The number of aryl methyl sites for hydroxylation is 1. The van der Waals surface area contributed by atoms with Crippen LogP contribution in [0.25, 0.3) is 0 Å². The summed E-state index contributed by atoms with van der Waals surface area (Å²) in [5.74, 6) is -0.943. The monoisotopic (exact) mass is 277 g/mol. The van der Waals surface area contributed by atoms with E-state index >= 15 is 0 Å². The summed E-state index contributed by atoms with van der Waals surface area (Å²) >= 11 is 0. The molecular weight excluding hydrogens is 250 g/mol. The van der Waals surface area contributed by atoms with Gasteiger partial charge in [0, 0.05) is 0 Å². The van der Waals surface area contributed by atoms with E-state index in [1.165, 1.54) is 44.1 Å². The molecule has 0 radical (unpaired) electrons. The Hall–Kier alpha value is -1.35. The summed E-state index contributed by atoms with van der Waals surface area (Å²) in [5, 5.41) is 8.78. The fraction of sp³-hybridized carbons (Fsp3) is 0.588. The van der Waals surface area contributed by atoms with Crippen LogP contribution >= 0.6 is 0 Å². The van der Waals surface area contributed by atoms with Crippen molar-refractivity contribution < 1.29 is 9.90 Å².